The van der Waals surface area contributed by atoms with Gasteiger partial charge >= 0.3 is 0 Å². The van der Waals surface area contributed by atoms with Gasteiger partial charge in [-0.3, -0.25) is 4.55 Å². The number of nitrogens with zero attached hydrogens (tertiary/aromatic N) is 2. The van der Waals surface area contributed by atoms with E-state index >= 15 is 0 Å². The second-order valence-electron chi connectivity index (χ2n) is 4.36. The highest BCUT2D eigenvalue weighted by molar-refractivity contribution is 8.01. The van der Waals surface area contributed by atoms with Crippen LogP contribution in [0.3, 0.4) is 0 Å². The van der Waals surface area contributed by atoms with E-state index in [1.807, 2.05) is 0 Å². The van der Waals surface area contributed by atoms with Crippen LogP contribution in [0.4, 0.5) is 5.69 Å². The molecule has 1 aromatic rings. The molecular formula is C11H11N3O3S2. The minimum absolute atomic E-state index is 0.0893. The van der Waals surface area contributed by atoms with Crippen molar-refractivity contribution in [1.29, 1.82) is 0 Å². The Morgan fingerprint density at radius 3 is 2.58 bits per heavy atom. The SMILES string of the molecule is O=S(=O)(O)c1ccc2c(c1)SC1(CC=NN=CC1)N2. The van der Waals surface area contributed by atoms with E-state index in [0.717, 1.165) is 10.6 Å². The Bertz CT molecular complexity index is 668. The van der Waals surface area contributed by atoms with Crippen LogP contribution in [0.15, 0.2) is 38.2 Å². The Balaban J connectivity index is 1.96. The molecule has 6 nitrogen and oxygen atoms in total. The zero-order valence-corrected chi connectivity index (χ0v) is 11.4. The van der Waals surface area contributed by atoms with Crippen molar-refractivity contribution in [2.75, 3.05) is 5.32 Å². The zero-order chi connectivity index (χ0) is 13.5. The molecule has 0 atom stereocenters. The molecule has 2 aliphatic heterocycles. The molecule has 3 rings (SSSR count). The highest BCUT2D eigenvalue weighted by atomic mass is 32.2. The number of anilines is 1. The molecule has 0 bridgehead atoms. The van der Waals surface area contributed by atoms with Gasteiger partial charge < -0.3 is 5.32 Å². The lowest BCUT2D eigenvalue weighted by Crippen LogP contribution is -2.31. The molecule has 1 aromatic carbocycles. The molecule has 0 saturated heterocycles. The Morgan fingerprint density at radius 1 is 1.26 bits per heavy atom. The minimum Gasteiger partial charge on any atom is -0.369 e. The van der Waals surface area contributed by atoms with Crippen molar-refractivity contribution < 1.29 is 13.0 Å². The predicted octanol–water partition coefficient (Wildman–Crippen LogP) is 2.00. The van der Waals surface area contributed by atoms with Gasteiger partial charge in [-0.1, -0.05) is 11.8 Å². The van der Waals surface area contributed by atoms with Crippen LogP contribution in [-0.4, -0.2) is 30.3 Å². The first-order valence-corrected chi connectivity index (χ1v) is 7.86. The fourth-order valence-electron chi connectivity index (χ4n) is 2.07. The molecule has 2 heterocycles. The molecule has 0 fully saturated rings. The summed E-state index contributed by atoms with van der Waals surface area (Å²) < 4.78 is 31.3. The third-order valence-electron chi connectivity index (χ3n) is 2.99. The second kappa shape index (κ2) is 4.32. The van der Waals surface area contributed by atoms with Crippen LogP contribution >= 0.6 is 11.8 Å². The quantitative estimate of drug-likeness (QED) is 0.774. The first kappa shape index (κ1) is 12.6. The van der Waals surface area contributed by atoms with Gasteiger partial charge in [0.25, 0.3) is 10.1 Å². The van der Waals surface area contributed by atoms with Crippen molar-refractivity contribution >= 4 is 40.0 Å². The van der Waals surface area contributed by atoms with Gasteiger partial charge in [0, 0.05) is 35.9 Å². The van der Waals surface area contributed by atoms with Crippen molar-refractivity contribution in [3.05, 3.63) is 18.2 Å². The minimum atomic E-state index is -4.17. The summed E-state index contributed by atoms with van der Waals surface area (Å²) in [5.74, 6) is 0. The van der Waals surface area contributed by atoms with Crippen LogP contribution in [0.1, 0.15) is 12.8 Å². The van der Waals surface area contributed by atoms with Gasteiger partial charge in [0.1, 0.15) is 0 Å². The molecule has 0 aromatic heterocycles. The summed E-state index contributed by atoms with van der Waals surface area (Å²) in [4.78, 5) is 0.441. The maximum absolute atomic E-state index is 11.1. The highest BCUT2D eigenvalue weighted by Gasteiger charge is 2.37. The number of hydrogen-bond donors (Lipinski definition) is 2. The normalized spacial score (nSPS) is 20.1. The molecular weight excluding hydrogens is 286 g/mol. The lowest BCUT2D eigenvalue weighted by atomic mass is 10.1. The third kappa shape index (κ3) is 2.38. The van der Waals surface area contributed by atoms with E-state index in [0.29, 0.717) is 12.8 Å². The predicted molar refractivity (Wildman–Crippen MR) is 74.7 cm³/mol. The number of hydrogen-bond acceptors (Lipinski definition) is 6. The lowest BCUT2D eigenvalue weighted by Gasteiger charge is -2.24. The molecule has 0 radical (unpaired) electrons. The molecule has 19 heavy (non-hydrogen) atoms. The maximum Gasteiger partial charge on any atom is 0.294 e. The topological polar surface area (TPSA) is 91.1 Å². The van der Waals surface area contributed by atoms with E-state index in [-0.39, 0.29) is 9.77 Å². The lowest BCUT2D eigenvalue weighted by molar-refractivity contribution is 0.483. The van der Waals surface area contributed by atoms with Gasteiger partial charge in [-0.05, 0) is 18.2 Å². The number of nitrogens with one attached hydrogen (secondary N) is 1. The number of thioether (sulfide) groups is 1. The van der Waals surface area contributed by atoms with Crippen LogP contribution in [0.25, 0.3) is 0 Å². The van der Waals surface area contributed by atoms with Crippen molar-refractivity contribution in [2.24, 2.45) is 10.2 Å². The van der Waals surface area contributed by atoms with E-state index in [1.165, 1.54) is 23.9 Å². The number of fused-ring (bicyclic) bond motifs is 1. The molecule has 2 aliphatic rings. The first-order chi connectivity index (χ1) is 8.99. The summed E-state index contributed by atoms with van der Waals surface area (Å²) in [6.07, 6.45) is 4.85. The van der Waals surface area contributed by atoms with E-state index < -0.39 is 10.1 Å². The Labute approximate surface area is 114 Å². The fourth-order valence-corrected chi connectivity index (χ4v) is 3.97. The Kier molecular flexibility index (Phi) is 2.88. The molecule has 0 aliphatic carbocycles. The van der Waals surface area contributed by atoms with Gasteiger partial charge in [0.05, 0.1) is 9.77 Å². The van der Waals surface area contributed by atoms with Crippen LogP contribution < -0.4 is 5.32 Å². The Hall–Kier alpha value is -1.38. The van der Waals surface area contributed by atoms with Gasteiger partial charge in [-0.25, -0.2) is 0 Å². The van der Waals surface area contributed by atoms with Gasteiger partial charge in [-0.15, -0.1) is 0 Å². The van der Waals surface area contributed by atoms with Gasteiger partial charge in [-0.2, -0.15) is 18.6 Å². The van der Waals surface area contributed by atoms with E-state index in [4.69, 9.17) is 4.55 Å². The molecule has 2 N–H and O–H groups in total. The van der Waals surface area contributed by atoms with Crippen LogP contribution in [0.2, 0.25) is 0 Å². The van der Waals surface area contributed by atoms with Crippen molar-refractivity contribution in [3.8, 4) is 0 Å². The zero-order valence-electron chi connectivity index (χ0n) is 9.78. The maximum atomic E-state index is 11.1. The summed E-state index contributed by atoms with van der Waals surface area (Å²) in [5, 5.41) is 11.1. The fraction of sp³-hybridized carbons (Fsp3) is 0.273. The molecule has 0 saturated carbocycles. The van der Waals surface area contributed by atoms with Gasteiger partial charge in [0.15, 0.2) is 0 Å². The summed E-state index contributed by atoms with van der Waals surface area (Å²) in [7, 11) is -4.17. The average molecular weight is 297 g/mol. The highest BCUT2D eigenvalue weighted by Crippen LogP contribution is 2.49. The van der Waals surface area contributed by atoms with Crippen molar-refractivity contribution in [2.45, 2.75) is 27.5 Å². The molecule has 1 spiro atoms. The van der Waals surface area contributed by atoms with E-state index in [2.05, 4.69) is 15.5 Å². The average Bonchev–Trinajstić information content (AvgIpc) is 2.53. The van der Waals surface area contributed by atoms with Gasteiger partial charge in [0.2, 0.25) is 0 Å². The molecule has 0 unspecified atom stereocenters. The molecule has 8 heteroatoms. The van der Waals surface area contributed by atoms with E-state index in [1.54, 1.807) is 18.5 Å². The largest absolute Gasteiger partial charge is 0.369 e. The number of rotatable bonds is 1. The molecule has 100 valence electrons. The Morgan fingerprint density at radius 2 is 1.95 bits per heavy atom. The number of benzene rings is 1. The van der Waals surface area contributed by atoms with Crippen LogP contribution in [0, 0.1) is 0 Å². The summed E-state index contributed by atoms with van der Waals surface area (Å²) >= 11 is 1.53. The third-order valence-corrected chi connectivity index (χ3v) is 5.22. The second-order valence-corrected chi connectivity index (χ2v) is 7.21. The van der Waals surface area contributed by atoms with Crippen molar-refractivity contribution in [3.63, 3.8) is 0 Å². The first-order valence-electron chi connectivity index (χ1n) is 5.61. The van der Waals surface area contributed by atoms with Crippen molar-refractivity contribution in [1.82, 2.24) is 0 Å². The molecule has 0 amide bonds. The smallest absolute Gasteiger partial charge is 0.294 e. The van der Waals surface area contributed by atoms with Crippen LogP contribution in [-0.2, 0) is 10.1 Å². The standard InChI is InChI=1S/C11H11N3O3S2/c15-19(16,17)8-1-2-9-10(7-8)18-11(14-9)3-5-12-13-6-4-11/h1-2,5-7,14H,3-4H2,(H,15,16,17). The monoisotopic (exact) mass is 297 g/mol. The van der Waals surface area contributed by atoms with E-state index in [9.17, 15) is 8.42 Å². The summed E-state index contributed by atoms with van der Waals surface area (Å²) in [6, 6.07) is 4.54. The van der Waals surface area contributed by atoms with Crippen LogP contribution in [0.5, 0.6) is 0 Å². The summed E-state index contributed by atoms with van der Waals surface area (Å²) in [5.41, 5.74) is 0.862. The summed E-state index contributed by atoms with van der Waals surface area (Å²) in [6.45, 7) is 0.